The molecule has 0 aliphatic carbocycles. The van der Waals surface area contributed by atoms with Crippen LogP contribution in [0.4, 0.5) is 4.79 Å². The molecule has 2 aliphatic rings. The number of nitrogens with zero attached hydrogens (tertiary/aromatic N) is 3. The zero-order valence-corrected chi connectivity index (χ0v) is 12.1. The Hall–Kier alpha value is -0.770. The van der Waals surface area contributed by atoms with Gasteiger partial charge in [-0.1, -0.05) is 13.8 Å². The largest absolute Gasteiger partial charge is 0.325 e. The average Bonchev–Trinajstić information content (AvgIpc) is 2.39. The number of piperidine rings is 1. The Kier molecular flexibility index (Phi) is 4.49. The Labute approximate surface area is 111 Å². The van der Waals surface area contributed by atoms with Gasteiger partial charge in [-0.2, -0.15) is 0 Å². The van der Waals surface area contributed by atoms with Gasteiger partial charge in [0.2, 0.25) is 0 Å². The Morgan fingerprint density at radius 1 is 1.11 bits per heavy atom. The van der Waals surface area contributed by atoms with Gasteiger partial charge in [-0.15, -0.1) is 0 Å². The van der Waals surface area contributed by atoms with Crippen molar-refractivity contribution in [2.45, 2.75) is 39.2 Å². The minimum Gasteiger partial charge on any atom is -0.325 e. The van der Waals surface area contributed by atoms with Crippen LogP contribution in [0, 0.1) is 5.92 Å². The summed E-state index contributed by atoms with van der Waals surface area (Å²) < 4.78 is 0. The van der Waals surface area contributed by atoms with Crippen molar-refractivity contribution in [2.24, 2.45) is 5.92 Å². The standard InChI is InChI=1S/C14H27N3O/c1-4-13-11-17(10-9-15(13)3)14(18)16-7-5-12(2)6-8-16/h12-13H,4-11H2,1-3H3. The van der Waals surface area contributed by atoms with E-state index in [1.807, 2.05) is 0 Å². The van der Waals surface area contributed by atoms with Crippen LogP contribution in [0.15, 0.2) is 0 Å². The first-order chi connectivity index (χ1) is 8.61. The fourth-order valence-electron chi connectivity index (χ4n) is 2.96. The SMILES string of the molecule is CCC1CN(C(=O)N2CCC(C)CC2)CCN1C. The zero-order valence-electron chi connectivity index (χ0n) is 12.1. The maximum absolute atomic E-state index is 12.5. The predicted octanol–water partition coefficient (Wildman–Crippen LogP) is 1.86. The smallest absolute Gasteiger partial charge is 0.320 e. The summed E-state index contributed by atoms with van der Waals surface area (Å²) in [6.45, 7) is 9.18. The van der Waals surface area contributed by atoms with Gasteiger partial charge >= 0.3 is 6.03 Å². The first kappa shape index (κ1) is 13.7. The van der Waals surface area contributed by atoms with Gasteiger partial charge in [0.1, 0.15) is 0 Å². The Balaban J connectivity index is 1.89. The molecule has 1 atom stereocenters. The van der Waals surface area contributed by atoms with E-state index in [1.165, 1.54) is 0 Å². The number of piperazine rings is 1. The Morgan fingerprint density at radius 3 is 2.39 bits per heavy atom. The van der Waals surface area contributed by atoms with Crippen molar-refractivity contribution in [3.05, 3.63) is 0 Å². The topological polar surface area (TPSA) is 26.8 Å². The van der Waals surface area contributed by atoms with Gasteiger partial charge in [0.05, 0.1) is 0 Å². The summed E-state index contributed by atoms with van der Waals surface area (Å²) in [7, 11) is 2.17. The molecule has 2 saturated heterocycles. The molecular weight excluding hydrogens is 226 g/mol. The van der Waals surface area contributed by atoms with Crippen LogP contribution >= 0.6 is 0 Å². The van der Waals surface area contributed by atoms with Crippen LogP contribution in [-0.2, 0) is 0 Å². The number of amides is 2. The summed E-state index contributed by atoms with van der Waals surface area (Å²) >= 11 is 0. The fourth-order valence-corrected chi connectivity index (χ4v) is 2.96. The van der Waals surface area contributed by atoms with Crippen molar-refractivity contribution < 1.29 is 4.79 Å². The zero-order chi connectivity index (χ0) is 13.1. The molecule has 2 rings (SSSR count). The molecule has 2 amide bonds. The number of carbonyl (C=O) groups is 1. The molecule has 0 aromatic rings. The molecule has 0 bridgehead atoms. The minimum absolute atomic E-state index is 0.272. The van der Waals surface area contributed by atoms with E-state index in [2.05, 4.69) is 35.6 Å². The number of urea groups is 1. The summed E-state index contributed by atoms with van der Waals surface area (Å²) in [5.74, 6) is 0.782. The van der Waals surface area contributed by atoms with E-state index >= 15 is 0 Å². The monoisotopic (exact) mass is 253 g/mol. The van der Waals surface area contributed by atoms with E-state index in [0.717, 1.165) is 57.9 Å². The second-order valence-corrected chi connectivity index (χ2v) is 5.94. The third-order valence-corrected chi connectivity index (χ3v) is 4.57. The molecule has 4 heteroatoms. The summed E-state index contributed by atoms with van der Waals surface area (Å²) in [5.41, 5.74) is 0. The highest BCUT2D eigenvalue weighted by Gasteiger charge is 2.30. The normalized spacial score (nSPS) is 27.6. The molecule has 0 N–H and O–H groups in total. The Morgan fingerprint density at radius 2 is 1.78 bits per heavy atom. The lowest BCUT2D eigenvalue weighted by Gasteiger charge is -2.42. The lowest BCUT2D eigenvalue weighted by molar-refractivity contribution is 0.0812. The van der Waals surface area contributed by atoms with Crippen LogP contribution in [0.2, 0.25) is 0 Å². The van der Waals surface area contributed by atoms with Crippen LogP contribution in [-0.4, -0.2) is 66.5 Å². The van der Waals surface area contributed by atoms with Crippen LogP contribution in [0.5, 0.6) is 0 Å². The van der Waals surface area contributed by atoms with Crippen molar-refractivity contribution in [3.8, 4) is 0 Å². The number of likely N-dealkylation sites (N-methyl/N-ethyl adjacent to an activating group) is 1. The lowest BCUT2D eigenvalue weighted by atomic mass is 9.99. The molecule has 4 nitrogen and oxygen atoms in total. The van der Waals surface area contributed by atoms with Crippen molar-refractivity contribution >= 4 is 6.03 Å². The van der Waals surface area contributed by atoms with Crippen LogP contribution in [0.1, 0.15) is 33.1 Å². The van der Waals surface area contributed by atoms with Gasteiger partial charge < -0.3 is 9.80 Å². The van der Waals surface area contributed by atoms with E-state index < -0.39 is 0 Å². The van der Waals surface area contributed by atoms with E-state index in [0.29, 0.717) is 6.04 Å². The third-order valence-electron chi connectivity index (χ3n) is 4.57. The van der Waals surface area contributed by atoms with Gasteiger partial charge in [0, 0.05) is 38.8 Å². The highest BCUT2D eigenvalue weighted by Crippen LogP contribution is 2.19. The summed E-state index contributed by atoms with van der Waals surface area (Å²) in [4.78, 5) is 19.0. The van der Waals surface area contributed by atoms with Crippen molar-refractivity contribution in [1.29, 1.82) is 0 Å². The molecule has 1 unspecified atom stereocenters. The van der Waals surface area contributed by atoms with Crippen molar-refractivity contribution in [2.75, 3.05) is 39.8 Å². The minimum atomic E-state index is 0.272. The predicted molar refractivity (Wildman–Crippen MR) is 73.6 cm³/mol. The van der Waals surface area contributed by atoms with Crippen molar-refractivity contribution in [3.63, 3.8) is 0 Å². The lowest BCUT2D eigenvalue weighted by Crippen LogP contribution is -2.56. The average molecular weight is 253 g/mol. The second-order valence-electron chi connectivity index (χ2n) is 5.94. The van der Waals surface area contributed by atoms with Crippen LogP contribution in [0.3, 0.4) is 0 Å². The maximum Gasteiger partial charge on any atom is 0.320 e. The molecule has 0 spiro atoms. The Bertz CT molecular complexity index is 287. The quantitative estimate of drug-likeness (QED) is 0.713. The molecule has 2 fully saturated rings. The highest BCUT2D eigenvalue weighted by molar-refractivity contribution is 5.74. The number of hydrogen-bond acceptors (Lipinski definition) is 2. The molecule has 0 saturated carbocycles. The fraction of sp³-hybridized carbons (Fsp3) is 0.929. The molecule has 18 heavy (non-hydrogen) atoms. The molecule has 0 aromatic carbocycles. The number of carbonyl (C=O) groups excluding carboxylic acids is 1. The van der Waals surface area contributed by atoms with Crippen LogP contribution in [0.25, 0.3) is 0 Å². The second kappa shape index (κ2) is 5.91. The maximum atomic E-state index is 12.5. The van der Waals surface area contributed by atoms with Gasteiger partial charge in [0.25, 0.3) is 0 Å². The summed E-state index contributed by atoms with van der Waals surface area (Å²) in [5, 5.41) is 0. The van der Waals surface area contributed by atoms with Gasteiger partial charge in [-0.3, -0.25) is 4.90 Å². The number of rotatable bonds is 1. The molecule has 2 aliphatic heterocycles. The first-order valence-electron chi connectivity index (χ1n) is 7.36. The van der Waals surface area contributed by atoms with E-state index in [1.54, 1.807) is 0 Å². The number of hydrogen-bond donors (Lipinski definition) is 0. The molecule has 2 heterocycles. The molecule has 0 radical (unpaired) electrons. The van der Waals surface area contributed by atoms with Crippen molar-refractivity contribution in [1.82, 2.24) is 14.7 Å². The summed E-state index contributed by atoms with van der Waals surface area (Å²) in [6.07, 6.45) is 3.45. The van der Waals surface area contributed by atoms with E-state index in [4.69, 9.17) is 0 Å². The number of likely N-dealkylation sites (tertiary alicyclic amines) is 1. The van der Waals surface area contributed by atoms with Gasteiger partial charge in [-0.05, 0) is 32.2 Å². The van der Waals surface area contributed by atoms with E-state index in [-0.39, 0.29) is 6.03 Å². The highest BCUT2D eigenvalue weighted by atomic mass is 16.2. The van der Waals surface area contributed by atoms with Crippen LogP contribution < -0.4 is 0 Å². The molecule has 0 aromatic heterocycles. The third kappa shape index (κ3) is 2.97. The van der Waals surface area contributed by atoms with Gasteiger partial charge in [-0.25, -0.2) is 4.79 Å². The summed E-state index contributed by atoms with van der Waals surface area (Å²) in [6, 6.07) is 0.805. The first-order valence-corrected chi connectivity index (χ1v) is 7.36. The molecular formula is C14H27N3O. The molecule has 104 valence electrons. The van der Waals surface area contributed by atoms with E-state index in [9.17, 15) is 4.79 Å². The van der Waals surface area contributed by atoms with Gasteiger partial charge in [0.15, 0.2) is 0 Å².